The molecule has 1 rings (SSSR count). The molecule has 0 amide bonds. The van der Waals surface area contributed by atoms with Crippen molar-refractivity contribution in [3.63, 3.8) is 0 Å². The minimum absolute atomic E-state index is 0.944. The van der Waals surface area contributed by atoms with Crippen LogP contribution in [0.2, 0.25) is 0 Å². The normalized spacial score (nSPS) is 10.3. The van der Waals surface area contributed by atoms with E-state index in [0.717, 1.165) is 6.54 Å². The molecule has 0 saturated carbocycles. The van der Waals surface area contributed by atoms with Gasteiger partial charge in [0.25, 0.3) is 0 Å². The number of rotatable bonds is 2. The first kappa shape index (κ1) is 9.75. The summed E-state index contributed by atoms with van der Waals surface area (Å²) in [5.74, 6) is 0. The molecule has 0 saturated heterocycles. The average Bonchev–Trinajstić information content (AvgIpc) is 2.07. The second kappa shape index (κ2) is 4.06. The first-order valence-corrected chi connectivity index (χ1v) is 4.85. The Morgan fingerprint density at radius 3 is 2.50 bits per heavy atom. The molecule has 0 fully saturated rings. The van der Waals surface area contributed by atoms with E-state index in [4.69, 9.17) is 0 Å². The molecule has 0 atom stereocenters. The SMILES string of the molecule is CNCc1ccc(Br)c(C)c1C. The third kappa shape index (κ3) is 1.87. The highest BCUT2D eigenvalue weighted by Crippen LogP contribution is 2.22. The van der Waals surface area contributed by atoms with Crippen molar-refractivity contribution in [3.05, 3.63) is 33.3 Å². The Balaban J connectivity index is 3.08. The fourth-order valence-corrected chi connectivity index (χ4v) is 1.66. The fourth-order valence-electron chi connectivity index (χ4n) is 1.23. The van der Waals surface area contributed by atoms with E-state index < -0.39 is 0 Å². The monoisotopic (exact) mass is 227 g/mol. The van der Waals surface area contributed by atoms with Crippen molar-refractivity contribution >= 4 is 15.9 Å². The lowest BCUT2D eigenvalue weighted by atomic mass is 10.0. The van der Waals surface area contributed by atoms with Gasteiger partial charge >= 0.3 is 0 Å². The van der Waals surface area contributed by atoms with Gasteiger partial charge in [-0.15, -0.1) is 0 Å². The summed E-state index contributed by atoms with van der Waals surface area (Å²) in [5, 5.41) is 3.16. The van der Waals surface area contributed by atoms with Gasteiger partial charge in [0.15, 0.2) is 0 Å². The smallest absolute Gasteiger partial charge is 0.0207 e. The van der Waals surface area contributed by atoms with Gasteiger partial charge in [-0.3, -0.25) is 0 Å². The molecule has 0 bridgehead atoms. The van der Waals surface area contributed by atoms with Gasteiger partial charge in [-0.2, -0.15) is 0 Å². The second-order valence-electron chi connectivity index (χ2n) is 2.99. The Bertz CT molecular complexity index is 281. The maximum Gasteiger partial charge on any atom is 0.0207 e. The van der Waals surface area contributed by atoms with Crippen LogP contribution in [0.4, 0.5) is 0 Å². The third-order valence-electron chi connectivity index (χ3n) is 2.20. The highest BCUT2D eigenvalue weighted by atomic mass is 79.9. The van der Waals surface area contributed by atoms with Gasteiger partial charge in [0.2, 0.25) is 0 Å². The molecule has 0 radical (unpaired) electrons. The van der Waals surface area contributed by atoms with Crippen LogP contribution in [0.3, 0.4) is 0 Å². The van der Waals surface area contributed by atoms with E-state index in [-0.39, 0.29) is 0 Å². The summed E-state index contributed by atoms with van der Waals surface area (Å²) in [6, 6.07) is 4.26. The number of nitrogens with one attached hydrogen (secondary N) is 1. The van der Waals surface area contributed by atoms with Gasteiger partial charge in [0.05, 0.1) is 0 Å². The first-order chi connectivity index (χ1) is 5.66. The summed E-state index contributed by atoms with van der Waals surface area (Å²) in [6.45, 7) is 5.24. The Labute approximate surface area is 82.3 Å². The number of halogens is 1. The minimum Gasteiger partial charge on any atom is -0.316 e. The summed E-state index contributed by atoms with van der Waals surface area (Å²) in [5.41, 5.74) is 4.08. The number of hydrogen-bond acceptors (Lipinski definition) is 1. The lowest BCUT2D eigenvalue weighted by Gasteiger charge is -2.09. The molecule has 2 heteroatoms. The zero-order chi connectivity index (χ0) is 9.14. The molecule has 0 unspecified atom stereocenters. The zero-order valence-corrected chi connectivity index (χ0v) is 9.33. The highest BCUT2D eigenvalue weighted by molar-refractivity contribution is 9.10. The summed E-state index contributed by atoms with van der Waals surface area (Å²) >= 11 is 3.51. The van der Waals surface area contributed by atoms with Crippen LogP contribution in [0.15, 0.2) is 16.6 Å². The Morgan fingerprint density at radius 1 is 1.25 bits per heavy atom. The molecular formula is C10H14BrN. The van der Waals surface area contributed by atoms with Gasteiger partial charge in [0.1, 0.15) is 0 Å². The van der Waals surface area contributed by atoms with Crippen LogP contribution in [0.5, 0.6) is 0 Å². The third-order valence-corrected chi connectivity index (χ3v) is 3.06. The van der Waals surface area contributed by atoms with Crippen LogP contribution >= 0.6 is 15.9 Å². The standard InChI is InChI=1S/C10H14BrN/c1-7-8(2)10(11)5-4-9(7)6-12-3/h4-5,12H,6H2,1-3H3. The van der Waals surface area contributed by atoms with Gasteiger partial charge < -0.3 is 5.32 Å². The highest BCUT2D eigenvalue weighted by Gasteiger charge is 2.02. The summed E-state index contributed by atoms with van der Waals surface area (Å²) < 4.78 is 1.19. The molecular weight excluding hydrogens is 214 g/mol. The molecule has 0 aliphatic rings. The zero-order valence-electron chi connectivity index (χ0n) is 7.74. The minimum atomic E-state index is 0.944. The maximum absolute atomic E-state index is 3.51. The van der Waals surface area contributed by atoms with E-state index in [0.29, 0.717) is 0 Å². The summed E-state index contributed by atoms with van der Waals surface area (Å²) in [7, 11) is 1.97. The molecule has 0 heterocycles. The fraction of sp³-hybridized carbons (Fsp3) is 0.400. The van der Waals surface area contributed by atoms with Crippen molar-refractivity contribution in [1.29, 1.82) is 0 Å². The Hall–Kier alpha value is -0.340. The van der Waals surface area contributed by atoms with Crippen molar-refractivity contribution in [3.8, 4) is 0 Å². The van der Waals surface area contributed by atoms with E-state index in [1.165, 1.54) is 21.2 Å². The average molecular weight is 228 g/mol. The van der Waals surface area contributed by atoms with Crippen LogP contribution in [-0.4, -0.2) is 7.05 Å². The van der Waals surface area contributed by atoms with Gasteiger partial charge in [-0.05, 0) is 43.7 Å². The van der Waals surface area contributed by atoms with Gasteiger partial charge in [-0.25, -0.2) is 0 Å². The van der Waals surface area contributed by atoms with E-state index >= 15 is 0 Å². The van der Waals surface area contributed by atoms with E-state index in [2.05, 4.69) is 47.2 Å². The van der Waals surface area contributed by atoms with Crippen molar-refractivity contribution in [2.24, 2.45) is 0 Å². The van der Waals surface area contributed by atoms with Crippen LogP contribution in [0.25, 0.3) is 0 Å². The van der Waals surface area contributed by atoms with Crippen molar-refractivity contribution in [2.45, 2.75) is 20.4 Å². The molecule has 1 N–H and O–H groups in total. The quantitative estimate of drug-likeness (QED) is 0.820. The maximum atomic E-state index is 3.51. The molecule has 0 spiro atoms. The molecule has 12 heavy (non-hydrogen) atoms. The molecule has 0 aliphatic carbocycles. The van der Waals surface area contributed by atoms with Crippen molar-refractivity contribution in [2.75, 3.05) is 7.05 Å². The Morgan fingerprint density at radius 2 is 1.92 bits per heavy atom. The van der Waals surface area contributed by atoms with E-state index in [1.807, 2.05) is 7.05 Å². The summed E-state index contributed by atoms with van der Waals surface area (Å²) in [4.78, 5) is 0. The second-order valence-corrected chi connectivity index (χ2v) is 3.84. The van der Waals surface area contributed by atoms with E-state index in [1.54, 1.807) is 0 Å². The molecule has 1 nitrogen and oxygen atoms in total. The molecule has 0 aliphatic heterocycles. The first-order valence-electron chi connectivity index (χ1n) is 4.06. The summed E-state index contributed by atoms with van der Waals surface area (Å²) in [6.07, 6.45) is 0. The van der Waals surface area contributed by atoms with Crippen molar-refractivity contribution < 1.29 is 0 Å². The number of benzene rings is 1. The lowest BCUT2D eigenvalue weighted by molar-refractivity contribution is 0.810. The predicted octanol–water partition coefficient (Wildman–Crippen LogP) is 2.79. The van der Waals surface area contributed by atoms with Crippen LogP contribution in [-0.2, 0) is 6.54 Å². The topological polar surface area (TPSA) is 12.0 Å². The van der Waals surface area contributed by atoms with Crippen LogP contribution in [0.1, 0.15) is 16.7 Å². The van der Waals surface area contributed by atoms with Gasteiger partial charge in [-0.1, -0.05) is 22.0 Å². The molecule has 1 aromatic carbocycles. The largest absolute Gasteiger partial charge is 0.316 e. The molecule has 66 valence electrons. The van der Waals surface area contributed by atoms with E-state index in [9.17, 15) is 0 Å². The van der Waals surface area contributed by atoms with Crippen molar-refractivity contribution in [1.82, 2.24) is 5.32 Å². The Kier molecular flexibility index (Phi) is 3.29. The molecule has 0 aromatic heterocycles. The number of hydrogen-bond donors (Lipinski definition) is 1. The van der Waals surface area contributed by atoms with Crippen LogP contribution in [0, 0.1) is 13.8 Å². The molecule has 1 aromatic rings. The van der Waals surface area contributed by atoms with Gasteiger partial charge in [0, 0.05) is 11.0 Å². The lowest BCUT2D eigenvalue weighted by Crippen LogP contribution is -2.07. The van der Waals surface area contributed by atoms with Crippen LogP contribution < -0.4 is 5.32 Å². The predicted molar refractivity (Wildman–Crippen MR) is 56.4 cm³/mol.